The molecule has 2 unspecified atom stereocenters. The molecule has 0 spiro atoms. The number of hydrogen-bond acceptors (Lipinski definition) is 4. The highest BCUT2D eigenvalue weighted by Crippen LogP contribution is 2.51. The summed E-state index contributed by atoms with van der Waals surface area (Å²) in [4.78, 5) is 17.7. The fraction of sp³-hybridized carbons (Fsp3) is 0.875. The largest absolute Gasteiger partial charge is 0.383 e. The smallest absolute Gasteiger partial charge is 0.243 e. The molecule has 1 fully saturated rings. The van der Waals surface area contributed by atoms with Gasteiger partial charge in [-0.25, -0.2) is 4.99 Å². The van der Waals surface area contributed by atoms with Gasteiger partial charge in [0.2, 0.25) is 5.91 Å². The van der Waals surface area contributed by atoms with Gasteiger partial charge < -0.3 is 25.0 Å². The molecule has 0 radical (unpaired) electrons. The molecule has 1 aliphatic carbocycles. The minimum atomic E-state index is -0.151. The Morgan fingerprint density at radius 3 is 2.38 bits per heavy atom. The van der Waals surface area contributed by atoms with Gasteiger partial charge in [0.15, 0.2) is 5.96 Å². The van der Waals surface area contributed by atoms with E-state index in [0.717, 1.165) is 6.42 Å². The minimum absolute atomic E-state index is 0. The van der Waals surface area contributed by atoms with Crippen LogP contribution in [0.2, 0.25) is 0 Å². The van der Waals surface area contributed by atoms with E-state index in [9.17, 15) is 4.79 Å². The molecule has 0 bridgehead atoms. The molecule has 0 aromatic carbocycles. The molecule has 0 aliphatic heterocycles. The van der Waals surface area contributed by atoms with Crippen molar-refractivity contribution in [1.82, 2.24) is 15.5 Å². The van der Waals surface area contributed by atoms with E-state index < -0.39 is 0 Å². The lowest BCUT2D eigenvalue weighted by atomic mass is 9.56. The summed E-state index contributed by atoms with van der Waals surface area (Å²) in [6.07, 6.45) is 0.892. The van der Waals surface area contributed by atoms with E-state index in [1.54, 1.807) is 28.3 Å². The minimum Gasteiger partial charge on any atom is -0.383 e. The second-order valence-electron chi connectivity index (χ2n) is 6.93. The molecule has 1 saturated carbocycles. The van der Waals surface area contributed by atoms with E-state index in [4.69, 9.17) is 9.47 Å². The lowest BCUT2D eigenvalue weighted by molar-refractivity contribution is -0.176. The van der Waals surface area contributed by atoms with Crippen LogP contribution in [0.3, 0.4) is 0 Å². The molecule has 0 aromatic rings. The van der Waals surface area contributed by atoms with Crippen molar-refractivity contribution >= 4 is 35.8 Å². The zero-order chi connectivity index (χ0) is 17.7. The number of likely N-dealkylation sites (N-methyl/N-ethyl adjacent to an activating group) is 1. The van der Waals surface area contributed by atoms with Crippen molar-refractivity contribution in [2.45, 2.75) is 38.8 Å². The Balaban J connectivity index is 0.00000529. The van der Waals surface area contributed by atoms with Gasteiger partial charge in [0.05, 0.1) is 12.2 Å². The molecular formula is C16H33IN4O3. The zero-order valence-electron chi connectivity index (χ0n) is 15.9. The van der Waals surface area contributed by atoms with Crippen molar-refractivity contribution in [3.05, 3.63) is 0 Å². The Labute approximate surface area is 162 Å². The second-order valence-corrected chi connectivity index (χ2v) is 6.93. The van der Waals surface area contributed by atoms with Crippen LogP contribution in [0, 0.1) is 5.41 Å². The van der Waals surface area contributed by atoms with Gasteiger partial charge in [-0.1, -0.05) is 13.8 Å². The molecule has 2 N–H and O–H groups in total. The van der Waals surface area contributed by atoms with Gasteiger partial charge in [0.1, 0.15) is 6.54 Å². The lowest BCUT2D eigenvalue weighted by Crippen LogP contribution is -2.69. The second kappa shape index (κ2) is 9.76. The Kier molecular flexibility index (Phi) is 9.52. The van der Waals surface area contributed by atoms with Crippen molar-refractivity contribution in [3.8, 4) is 0 Å². The summed E-state index contributed by atoms with van der Waals surface area (Å²) in [5, 5.41) is 6.62. The van der Waals surface area contributed by atoms with Crippen LogP contribution >= 0.6 is 24.0 Å². The average molecular weight is 456 g/mol. The highest BCUT2D eigenvalue weighted by Gasteiger charge is 2.58. The third kappa shape index (κ3) is 5.45. The summed E-state index contributed by atoms with van der Waals surface area (Å²) in [5.41, 5.74) is -0.182. The van der Waals surface area contributed by atoms with E-state index in [1.807, 2.05) is 0 Å². The first kappa shape index (κ1) is 23.4. The van der Waals surface area contributed by atoms with Crippen molar-refractivity contribution in [1.29, 1.82) is 0 Å². The first-order valence-electron chi connectivity index (χ1n) is 7.97. The summed E-state index contributed by atoms with van der Waals surface area (Å²) >= 11 is 0. The number of aliphatic imine (C=N–C) groups is 1. The van der Waals surface area contributed by atoms with Gasteiger partial charge in [-0.15, -0.1) is 24.0 Å². The van der Waals surface area contributed by atoms with Gasteiger partial charge in [-0.05, 0) is 13.3 Å². The van der Waals surface area contributed by atoms with Gasteiger partial charge in [0.25, 0.3) is 0 Å². The number of amides is 1. The van der Waals surface area contributed by atoms with Gasteiger partial charge in [-0.2, -0.15) is 0 Å². The van der Waals surface area contributed by atoms with Crippen LogP contribution in [0.15, 0.2) is 4.99 Å². The van der Waals surface area contributed by atoms with Crippen molar-refractivity contribution in [3.63, 3.8) is 0 Å². The average Bonchev–Trinajstić information content (AvgIpc) is 2.50. The monoisotopic (exact) mass is 456 g/mol. The fourth-order valence-electron chi connectivity index (χ4n) is 2.60. The number of carbonyl (C=O) groups excluding carboxylic acids is 1. The van der Waals surface area contributed by atoms with Crippen LogP contribution < -0.4 is 10.6 Å². The normalized spacial score (nSPS) is 25.3. The lowest BCUT2D eigenvalue weighted by Gasteiger charge is -2.59. The molecule has 0 saturated heterocycles. The molecule has 1 rings (SSSR count). The zero-order valence-corrected chi connectivity index (χ0v) is 18.3. The van der Waals surface area contributed by atoms with Crippen LogP contribution in [0.1, 0.15) is 27.2 Å². The molecular weight excluding hydrogens is 423 g/mol. The third-order valence-electron chi connectivity index (χ3n) is 5.06. The van der Waals surface area contributed by atoms with Gasteiger partial charge in [-0.3, -0.25) is 4.79 Å². The first-order valence-corrected chi connectivity index (χ1v) is 7.97. The number of halogens is 1. The number of hydrogen-bond donors (Lipinski definition) is 2. The number of methoxy groups -OCH3 is 2. The summed E-state index contributed by atoms with van der Waals surface area (Å²) in [6.45, 7) is 7.80. The van der Waals surface area contributed by atoms with Crippen LogP contribution in [-0.2, 0) is 14.3 Å². The predicted molar refractivity (Wildman–Crippen MR) is 107 cm³/mol. The third-order valence-corrected chi connectivity index (χ3v) is 5.06. The fourth-order valence-corrected chi connectivity index (χ4v) is 2.60. The maximum atomic E-state index is 11.7. The standard InChI is InChI=1S/C16H32N4O3.HI/c1-15(2)12(10-16(15,3)23-7)19-14(17-8-9-22-6)18-11-13(21)20(4)5;/h12H,8-11H2,1-7H3,(H2,17,18,19);1H. The predicted octanol–water partition coefficient (Wildman–Crippen LogP) is 1.08. The van der Waals surface area contributed by atoms with E-state index in [1.165, 1.54) is 4.90 Å². The highest BCUT2D eigenvalue weighted by molar-refractivity contribution is 14.0. The number of ether oxygens (including phenoxy) is 2. The topological polar surface area (TPSA) is 75.2 Å². The van der Waals surface area contributed by atoms with Crippen molar-refractivity contribution in [2.75, 3.05) is 48.0 Å². The van der Waals surface area contributed by atoms with E-state index in [2.05, 4.69) is 36.4 Å². The molecule has 142 valence electrons. The van der Waals surface area contributed by atoms with E-state index >= 15 is 0 Å². The molecule has 0 heterocycles. The van der Waals surface area contributed by atoms with E-state index in [0.29, 0.717) is 19.1 Å². The Morgan fingerprint density at radius 2 is 1.92 bits per heavy atom. The Morgan fingerprint density at radius 1 is 1.29 bits per heavy atom. The molecule has 1 amide bonds. The van der Waals surface area contributed by atoms with Crippen molar-refractivity contribution < 1.29 is 14.3 Å². The maximum absolute atomic E-state index is 11.7. The van der Waals surface area contributed by atoms with Crippen LogP contribution in [-0.4, -0.2) is 76.4 Å². The summed E-state index contributed by atoms with van der Waals surface area (Å²) in [5.74, 6) is 0.598. The van der Waals surface area contributed by atoms with Gasteiger partial charge >= 0.3 is 0 Å². The number of nitrogens with zero attached hydrogens (tertiary/aromatic N) is 2. The Bertz CT molecular complexity index is 443. The number of carbonyl (C=O) groups is 1. The maximum Gasteiger partial charge on any atom is 0.243 e. The molecule has 7 nitrogen and oxygen atoms in total. The summed E-state index contributed by atoms with van der Waals surface area (Å²) in [6, 6.07) is 0.232. The first-order chi connectivity index (χ1) is 10.7. The van der Waals surface area contributed by atoms with E-state index in [-0.39, 0.29) is 53.5 Å². The van der Waals surface area contributed by atoms with Crippen LogP contribution in [0.25, 0.3) is 0 Å². The summed E-state index contributed by atoms with van der Waals surface area (Å²) < 4.78 is 10.7. The molecule has 0 aromatic heterocycles. The SMILES string of the molecule is COCCNC(=NCC(=O)N(C)C)NC1CC(C)(OC)C1(C)C.I. The highest BCUT2D eigenvalue weighted by atomic mass is 127. The van der Waals surface area contributed by atoms with Crippen LogP contribution in [0.4, 0.5) is 0 Å². The van der Waals surface area contributed by atoms with Crippen molar-refractivity contribution in [2.24, 2.45) is 10.4 Å². The number of guanidine groups is 1. The quantitative estimate of drug-likeness (QED) is 0.260. The Hall–Kier alpha value is -0.610. The molecule has 2 atom stereocenters. The summed E-state index contributed by atoms with van der Waals surface area (Å²) in [7, 11) is 6.85. The van der Waals surface area contributed by atoms with Gasteiger partial charge in [0, 0.05) is 46.3 Å². The number of rotatable bonds is 7. The van der Waals surface area contributed by atoms with Crippen LogP contribution in [0.5, 0.6) is 0 Å². The molecule has 8 heteroatoms. The molecule has 1 aliphatic rings. The molecule has 24 heavy (non-hydrogen) atoms. The number of nitrogens with one attached hydrogen (secondary N) is 2.